The van der Waals surface area contributed by atoms with Gasteiger partial charge in [-0.2, -0.15) is 0 Å². The van der Waals surface area contributed by atoms with Crippen molar-refractivity contribution in [3.05, 3.63) is 58.6 Å². The van der Waals surface area contributed by atoms with Gasteiger partial charge in [0.25, 0.3) is 0 Å². The number of anilines is 2. The van der Waals surface area contributed by atoms with Crippen molar-refractivity contribution in [2.24, 2.45) is 0 Å². The van der Waals surface area contributed by atoms with Crippen molar-refractivity contribution in [3.8, 4) is 0 Å². The first kappa shape index (κ1) is 14.6. The van der Waals surface area contributed by atoms with Crippen LogP contribution >= 0.6 is 11.6 Å². The summed E-state index contributed by atoms with van der Waals surface area (Å²) in [4.78, 5) is 25.8. The van der Waals surface area contributed by atoms with Gasteiger partial charge >= 0.3 is 5.97 Å². The second kappa shape index (κ2) is 5.81. The van der Waals surface area contributed by atoms with E-state index in [0.29, 0.717) is 22.9 Å². The number of hydrogen-bond donors (Lipinski definition) is 0. The average Bonchev–Trinajstić information content (AvgIpc) is 2.85. The number of esters is 1. The lowest BCUT2D eigenvalue weighted by molar-refractivity contribution is -0.116. The van der Waals surface area contributed by atoms with Crippen LogP contribution in [0.2, 0.25) is 5.02 Å². The third kappa shape index (κ3) is 2.46. The van der Waals surface area contributed by atoms with E-state index in [-0.39, 0.29) is 12.3 Å². The molecule has 0 aromatic heterocycles. The van der Waals surface area contributed by atoms with E-state index in [1.54, 1.807) is 42.2 Å². The maximum Gasteiger partial charge on any atom is 0.338 e. The van der Waals surface area contributed by atoms with Crippen LogP contribution in [0.15, 0.2) is 42.5 Å². The van der Waals surface area contributed by atoms with Crippen LogP contribution in [0.4, 0.5) is 11.4 Å². The number of carbonyl (C=O) groups is 2. The molecule has 0 saturated heterocycles. The van der Waals surface area contributed by atoms with Gasteiger partial charge in [0.2, 0.25) is 5.91 Å². The summed E-state index contributed by atoms with van der Waals surface area (Å²) in [5, 5.41) is 0.579. The van der Waals surface area contributed by atoms with Crippen molar-refractivity contribution >= 4 is 34.9 Å². The molecule has 0 N–H and O–H groups in total. The maximum absolute atomic E-state index is 12.3. The van der Waals surface area contributed by atoms with E-state index >= 15 is 0 Å². The van der Waals surface area contributed by atoms with Crippen LogP contribution in [0.1, 0.15) is 22.8 Å². The van der Waals surface area contributed by atoms with Gasteiger partial charge in [0.05, 0.1) is 24.3 Å². The summed E-state index contributed by atoms with van der Waals surface area (Å²) in [6.45, 7) is 2.06. The molecule has 2 aromatic carbocycles. The second-order valence-electron chi connectivity index (χ2n) is 4.91. The summed E-state index contributed by atoms with van der Waals surface area (Å²) in [6.07, 6.45) is 0.263. The van der Waals surface area contributed by atoms with Gasteiger partial charge in [0.15, 0.2) is 0 Å². The number of amides is 1. The van der Waals surface area contributed by atoms with E-state index in [9.17, 15) is 9.59 Å². The molecule has 3 rings (SSSR count). The van der Waals surface area contributed by atoms with Gasteiger partial charge in [-0.1, -0.05) is 23.7 Å². The lowest BCUT2D eigenvalue weighted by atomic mass is 10.1. The van der Waals surface area contributed by atoms with Gasteiger partial charge in [-0.15, -0.1) is 0 Å². The summed E-state index contributed by atoms with van der Waals surface area (Å²) in [5.74, 6) is -0.466. The van der Waals surface area contributed by atoms with E-state index in [2.05, 4.69) is 0 Å². The van der Waals surface area contributed by atoms with E-state index in [1.165, 1.54) is 0 Å². The number of nitrogens with zero attached hydrogens (tertiary/aromatic N) is 1. The Hall–Kier alpha value is -2.33. The van der Waals surface area contributed by atoms with Crippen molar-refractivity contribution in [1.82, 2.24) is 0 Å². The summed E-state index contributed by atoms with van der Waals surface area (Å²) >= 11 is 6.16. The van der Waals surface area contributed by atoms with Crippen LogP contribution in [0.25, 0.3) is 0 Å². The minimum absolute atomic E-state index is 0.0656. The Kier molecular flexibility index (Phi) is 3.86. The topological polar surface area (TPSA) is 46.6 Å². The molecule has 0 saturated carbocycles. The molecule has 0 atom stereocenters. The van der Waals surface area contributed by atoms with Crippen molar-refractivity contribution in [2.75, 3.05) is 11.5 Å². The van der Waals surface area contributed by atoms with Crippen LogP contribution in [-0.4, -0.2) is 18.5 Å². The number of fused-ring (bicyclic) bond motifs is 1. The van der Waals surface area contributed by atoms with Crippen molar-refractivity contribution in [1.29, 1.82) is 0 Å². The molecule has 0 bridgehead atoms. The lowest BCUT2D eigenvalue weighted by Crippen LogP contribution is -2.21. The van der Waals surface area contributed by atoms with Gasteiger partial charge < -0.3 is 4.74 Å². The highest BCUT2D eigenvalue weighted by Gasteiger charge is 2.30. The second-order valence-corrected chi connectivity index (χ2v) is 5.32. The van der Waals surface area contributed by atoms with Crippen molar-refractivity contribution < 1.29 is 14.3 Å². The zero-order valence-corrected chi connectivity index (χ0v) is 12.8. The molecule has 1 amide bonds. The zero-order chi connectivity index (χ0) is 15.7. The Morgan fingerprint density at radius 2 is 2.05 bits per heavy atom. The Labute approximate surface area is 133 Å². The number of carbonyl (C=O) groups excluding carboxylic acids is 2. The summed E-state index contributed by atoms with van der Waals surface area (Å²) in [7, 11) is 0. The monoisotopic (exact) mass is 315 g/mol. The predicted octanol–water partition coefficient (Wildman–Crippen LogP) is 3.74. The normalized spacial score (nSPS) is 13.2. The smallest absolute Gasteiger partial charge is 0.338 e. The van der Waals surface area contributed by atoms with Gasteiger partial charge in [0.1, 0.15) is 0 Å². The minimum atomic E-state index is -0.401. The molecule has 0 radical (unpaired) electrons. The van der Waals surface area contributed by atoms with E-state index < -0.39 is 5.97 Å². The summed E-state index contributed by atoms with van der Waals surface area (Å²) < 4.78 is 5.00. The molecule has 0 fully saturated rings. The molecule has 112 valence electrons. The fraction of sp³-hybridized carbons (Fsp3) is 0.176. The average molecular weight is 316 g/mol. The fourth-order valence-corrected chi connectivity index (χ4v) is 2.80. The third-order valence-corrected chi connectivity index (χ3v) is 3.88. The van der Waals surface area contributed by atoms with Crippen molar-refractivity contribution in [3.63, 3.8) is 0 Å². The molecule has 4 nitrogen and oxygen atoms in total. The molecule has 5 heteroatoms. The third-order valence-electron chi connectivity index (χ3n) is 3.53. The van der Waals surface area contributed by atoms with Crippen LogP contribution in [0, 0.1) is 0 Å². The molecule has 0 aliphatic carbocycles. The summed E-state index contributed by atoms with van der Waals surface area (Å²) in [6, 6.07) is 12.3. The SMILES string of the molecule is CCOC(=O)c1cccc(N2C(=O)Cc3c(Cl)cccc32)c1. The predicted molar refractivity (Wildman–Crippen MR) is 84.7 cm³/mol. The van der Waals surface area contributed by atoms with Crippen LogP contribution in [0.5, 0.6) is 0 Å². The van der Waals surface area contributed by atoms with Gasteiger partial charge in [-0.3, -0.25) is 9.69 Å². The first-order valence-corrected chi connectivity index (χ1v) is 7.37. The highest BCUT2D eigenvalue weighted by atomic mass is 35.5. The highest BCUT2D eigenvalue weighted by molar-refractivity contribution is 6.32. The molecular formula is C17H14ClNO3. The Balaban J connectivity index is 2.02. The first-order valence-electron chi connectivity index (χ1n) is 6.99. The molecule has 0 spiro atoms. The fourth-order valence-electron chi connectivity index (χ4n) is 2.57. The van der Waals surface area contributed by atoms with Crippen LogP contribution in [-0.2, 0) is 16.0 Å². The number of halogens is 1. The molecular weight excluding hydrogens is 302 g/mol. The number of hydrogen-bond acceptors (Lipinski definition) is 3. The largest absolute Gasteiger partial charge is 0.462 e. The quantitative estimate of drug-likeness (QED) is 0.811. The standard InChI is InChI=1S/C17H14ClNO3/c1-2-22-17(21)11-5-3-6-12(9-11)19-15-8-4-7-14(18)13(15)10-16(19)20/h3-9H,2,10H2,1H3. The van der Waals surface area contributed by atoms with Gasteiger partial charge in [-0.25, -0.2) is 4.79 Å². The number of ether oxygens (including phenoxy) is 1. The number of rotatable bonds is 3. The first-order chi connectivity index (χ1) is 10.6. The molecule has 0 unspecified atom stereocenters. The molecule has 1 heterocycles. The highest BCUT2D eigenvalue weighted by Crippen LogP contribution is 2.38. The van der Waals surface area contributed by atoms with E-state index in [0.717, 1.165) is 11.3 Å². The Morgan fingerprint density at radius 3 is 2.82 bits per heavy atom. The lowest BCUT2D eigenvalue weighted by Gasteiger charge is -2.18. The van der Waals surface area contributed by atoms with Crippen LogP contribution < -0.4 is 4.90 Å². The minimum Gasteiger partial charge on any atom is -0.462 e. The van der Waals surface area contributed by atoms with E-state index in [4.69, 9.17) is 16.3 Å². The summed E-state index contributed by atoms with van der Waals surface area (Å²) in [5.41, 5.74) is 2.63. The van der Waals surface area contributed by atoms with Gasteiger partial charge in [-0.05, 0) is 37.3 Å². The molecule has 22 heavy (non-hydrogen) atoms. The number of benzene rings is 2. The maximum atomic E-state index is 12.3. The van der Waals surface area contributed by atoms with Gasteiger partial charge in [0, 0.05) is 16.3 Å². The van der Waals surface area contributed by atoms with Crippen molar-refractivity contribution in [2.45, 2.75) is 13.3 Å². The Bertz CT molecular complexity index is 757. The molecule has 1 aliphatic heterocycles. The molecule has 2 aromatic rings. The van der Waals surface area contributed by atoms with Crippen LogP contribution in [0.3, 0.4) is 0 Å². The zero-order valence-electron chi connectivity index (χ0n) is 12.0. The van der Waals surface area contributed by atoms with E-state index in [1.807, 2.05) is 12.1 Å². The Morgan fingerprint density at radius 1 is 1.27 bits per heavy atom. The molecule has 1 aliphatic rings.